The Balaban J connectivity index is 2.47. The molecule has 2 aromatic carbocycles. The zero-order valence-electron chi connectivity index (χ0n) is 11.6. The summed E-state index contributed by atoms with van der Waals surface area (Å²) in [6.45, 7) is 3.58. The quantitative estimate of drug-likeness (QED) is 0.638. The van der Waals surface area contributed by atoms with E-state index in [1.807, 2.05) is 24.3 Å². The number of benzene rings is 2. The summed E-state index contributed by atoms with van der Waals surface area (Å²) in [6, 6.07) is 12.2. The van der Waals surface area contributed by atoms with E-state index in [1.165, 1.54) is 5.39 Å². The summed E-state index contributed by atoms with van der Waals surface area (Å²) < 4.78 is 2.10. The summed E-state index contributed by atoms with van der Waals surface area (Å²) in [7, 11) is 0. The normalized spacial score (nSPS) is 11.3. The molecule has 3 rings (SSSR count). The second kappa shape index (κ2) is 5.06. The summed E-state index contributed by atoms with van der Waals surface area (Å²) in [6.07, 6.45) is 0. The average molecular weight is 269 g/mol. The van der Waals surface area contributed by atoms with Crippen LogP contribution in [0.3, 0.4) is 0 Å². The molecule has 1 aromatic heterocycles. The maximum Gasteiger partial charge on any atom is 0.0746 e. The lowest BCUT2D eigenvalue weighted by molar-refractivity contribution is 0.280. The Morgan fingerprint density at radius 3 is 2.75 bits per heavy atom. The fourth-order valence-electron chi connectivity index (χ4n) is 2.88. The topological polar surface area (TPSA) is 63.2 Å². The Labute approximate surface area is 117 Å². The van der Waals surface area contributed by atoms with Gasteiger partial charge >= 0.3 is 0 Å². The molecule has 0 aliphatic heterocycles. The number of anilines is 2. The fourth-order valence-corrected chi connectivity index (χ4v) is 2.88. The molecule has 0 spiro atoms. The smallest absolute Gasteiger partial charge is 0.0746 e. The van der Waals surface area contributed by atoms with Crippen LogP contribution < -0.4 is 11.1 Å². The number of aromatic nitrogens is 1. The van der Waals surface area contributed by atoms with Crippen LogP contribution in [0.4, 0.5) is 11.4 Å². The molecule has 0 aliphatic rings. The van der Waals surface area contributed by atoms with Gasteiger partial charge in [0.25, 0.3) is 0 Å². The lowest BCUT2D eigenvalue weighted by Crippen LogP contribution is -2.04. The molecule has 0 bridgehead atoms. The first-order valence-corrected chi connectivity index (χ1v) is 6.92. The third-order valence-corrected chi connectivity index (χ3v) is 3.63. The third kappa shape index (κ3) is 1.80. The monoisotopic (exact) mass is 269 g/mol. The van der Waals surface area contributed by atoms with E-state index in [0.717, 1.165) is 34.3 Å². The lowest BCUT2D eigenvalue weighted by Gasteiger charge is -2.10. The summed E-state index contributed by atoms with van der Waals surface area (Å²) in [5.41, 5.74) is 10.1. The number of para-hydroxylation sites is 1. The molecule has 4 heteroatoms. The number of rotatable bonds is 4. The number of nitrogen functional groups attached to an aromatic ring is 1. The Kier molecular flexibility index (Phi) is 3.24. The van der Waals surface area contributed by atoms with Crippen molar-refractivity contribution in [3.63, 3.8) is 0 Å². The lowest BCUT2D eigenvalue weighted by atomic mass is 10.1. The van der Waals surface area contributed by atoms with E-state index >= 15 is 0 Å². The Bertz CT molecular complexity index is 761. The number of aliphatic hydroxyl groups excluding tert-OH is 1. The molecular formula is C16H19N3O. The molecule has 0 saturated carbocycles. The highest BCUT2D eigenvalue weighted by Crippen LogP contribution is 2.37. The summed E-state index contributed by atoms with van der Waals surface area (Å²) in [5.74, 6) is 0. The number of aliphatic hydroxyl groups is 1. The molecular weight excluding hydrogens is 250 g/mol. The number of nitrogens with one attached hydrogen (secondary N) is 1. The molecule has 104 valence electrons. The van der Waals surface area contributed by atoms with Gasteiger partial charge in [-0.25, -0.2) is 0 Å². The van der Waals surface area contributed by atoms with Gasteiger partial charge in [-0.05, 0) is 25.1 Å². The molecule has 1 heterocycles. The van der Waals surface area contributed by atoms with Gasteiger partial charge in [0.15, 0.2) is 0 Å². The molecule has 0 saturated heterocycles. The van der Waals surface area contributed by atoms with E-state index in [9.17, 15) is 5.11 Å². The zero-order valence-corrected chi connectivity index (χ0v) is 11.6. The largest absolute Gasteiger partial charge is 0.397 e. The molecule has 0 aliphatic carbocycles. The van der Waals surface area contributed by atoms with Crippen molar-refractivity contribution in [1.82, 2.24) is 4.57 Å². The maximum absolute atomic E-state index is 9.34. The van der Waals surface area contributed by atoms with E-state index in [2.05, 4.69) is 28.9 Å². The first kappa shape index (κ1) is 12.8. The number of nitrogens with zero attached hydrogens (tertiary/aromatic N) is 1. The summed E-state index contributed by atoms with van der Waals surface area (Å²) in [5, 5.41) is 15.0. The van der Waals surface area contributed by atoms with Crippen LogP contribution in [0.15, 0.2) is 36.4 Å². The molecule has 20 heavy (non-hydrogen) atoms. The molecule has 3 aromatic rings. The molecule has 4 nitrogen and oxygen atoms in total. The number of nitrogens with two attached hydrogens (primary N) is 1. The Morgan fingerprint density at radius 1 is 1.20 bits per heavy atom. The second-order valence-electron chi connectivity index (χ2n) is 4.85. The molecule has 0 radical (unpaired) electrons. The number of hydrogen-bond donors (Lipinski definition) is 3. The minimum Gasteiger partial charge on any atom is -0.397 e. The van der Waals surface area contributed by atoms with Crippen molar-refractivity contribution in [2.24, 2.45) is 0 Å². The zero-order chi connectivity index (χ0) is 14.1. The van der Waals surface area contributed by atoms with E-state index in [0.29, 0.717) is 6.54 Å². The minimum absolute atomic E-state index is 0.0959. The second-order valence-corrected chi connectivity index (χ2v) is 4.85. The van der Waals surface area contributed by atoms with E-state index in [-0.39, 0.29) is 6.61 Å². The van der Waals surface area contributed by atoms with Crippen LogP contribution in [0.1, 0.15) is 6.92 Å². The van der Waals surface area contributed by atoms with Crippen LogP contribution in [-0.4, -0.2) is 22.8 Å². The van der Waals surface area contributed by atoms with Crippen molar-refractivity contribution in [2.75, 3.05) is 24.2 Å². The first-order valence-electron chi connectivity index (χ1n) is 6.92. The Hall–Kier alpha value is -2.20. The average Bonchev–Trinajstić information content (AvgIpc) is 2.79. The molecule has 0 unspecified atom stereocenters. The van der Waals surface area contributed by atoms with E-state index in [1.54, 1.807) is 0 Å². The Morgan fingerprint density at radius 2 is 2.00 bits per heavy atom. The summed E-state index contributed by atoms with van der Waals surface area (Å²) >= 11 is 0. The van der Waals surface area contributed by atoms with Crippen LogP contribution in [0.2, 0.25) is 0 Å². The van der Waals surface area contributed by atoms with Gasteiger partial charge in [0.05, 0.1) is 17.8 Å². The van der Waals surface area contributed by atoms with Gasteiger partial charge in [0.1, 0.15) is 0 Å². The highest BCUT2D eigenvalue weighted by Gasteiger charge is 2.15. The van der Waals surface area contributed by atoms with Gasteiger partial charge in [-0.2, -0.15) is 0 Å². The SMILES string of the molecule is CCNc1ccc(N)c2c1c1ccccc1n2CCO. The van der Waals surface area contributed by atoms with E-state index < -0.39 is 0 Å². The predicted molar refractivity (Wildman–Crippen MR) is 85.1 cm³/mol. The van der Waals surface area contributed by atoms with Gasteiger partial charge in [0.2, 0.25) is 0 Å². The minimum atomic E-state index is 0.0959. The molecule has 0 fully saturated rings. The maximum atomic E-state index is 9.34. The van der Waals surface area contributed by atoms with Gasteiger partial charge < -0.3 is 20.7 Å². The van der Waals surface area contributed by atoms with Crippen molar-refractivity contribution >= 4 is 33.2 Å². The highest BCUT2D eigenvalue weighted by molar-refractivity contribution is 6.17. The van der Waals surface area contributed by atoms with Gasteiger partial charge in [-0.1, -0.05) is 18.2 Å². The molecule has 4 N–H and O–H groups in total. The van der Waals surface area contributed by atoms with Crippen molar-refractivity contribution in [1.29, 1.82) is 0 Å². The van der Waals surface area contributed by atoms with Crippen LogP contribution in [0.5, 0.6) is 0 Å². The fraction of sp³-hybridized carbons (Fsp3) is 0.250. The van der Waals surface area contributed by atoms with Crippen molar-refractivity contribution in [2.45, 2.75) is 13.5 Å². The predicted octanol–water partition coefficient (Wildman–Crippen LogP) is 2.80. The van der Waals surface area contributed by atoms with Gasteiger partial charge in [0, 0.05) is 35.1 Å². The highest BCUT2D eigenvalue weighted by atomic mass is 16.3. The standard InChI is InChI=1S/C16H19N3O/c1-2-18-13-8-7-12(17)16-15(13)11-5-3-4-6-14(11)19(16)9-10-20/h3-8,18,20H,2,9-10,17H2,1H3. The van der Waals surface area contributed by atoms with Crippen LogP contribution in [0, 0.1) is 0 Å². The van der Waals surface area contributed by atoms with Gasteiger partial charge in [-0.15, -0.1) is 0 Å². The van der Waals surface area contributed by atoms with Crippen molar-refractivity contribution < 1.29 is 5.11 Å². The van der Waals surface area contributed by atoms with E-state index in [4.69, 9.17) is 5.73 Å². The molecule has 0 amide bonds. The van der Waals surface area contributed by atoms with Crippen molar-refractivity contribution in [3.05, 3.63) is 36.4 Å². The van der Waals surface area contributed by atoms with Crippen molar-refractivity contribution in [3.8, 4) is 0 Å². The van der Waals surface area contributed by atoms with Crippen LogP contribution >= 0.6 is 0 Å². The van der Waals surface area contributed by atoms with Crippen LogP contribution in [0.25, 0.3) is 21.8 Å². The summed E-state index contributed by atoms with van der Waals surface area (Å²) in [4.78, 5) is 0. The van der Waals surface area contributed by atoms with Gasteiger partial charge in [-0.3, -0.25) is 0 Å². The number of hydrogen-bond acceptors (Lipinski definition) is 3. The number of fused-ring (bicyclic) bond motifs is 3. The third-order valence-electron chi connectivity index (χ3n) is 3.63. The van der Waals surface area contributed by atoms with Crippen LogP contribution in [-0.2, 0) is 6.54 Å². The molecule has 0 atom stereocenters. The first-order chi connectivity index (χ1) is 9.77.